The highest BCUT2D eigenvalue weighted by molar-refractivity contribution is 5.79. The van der Waals surface area contributed by atoms with Gasteiger partial charge < -0.3 is 19.6 Å². The second kappa shape index (κ2) is 8.34. The molecule has 0 unspecified atom stereocenters. The third-order valence-electron chi connectivity index (χ3n) is 5.10. The molecule has 1 aliphatic carbocycles. The molecule has 136 valence electrons. The number of benzene rings is 1. The average Bonchev–Trinajstić information content (AvgIpc) is 2.67. The fraction of sp³-hybridized carbons (Fsp3) is 0.579. The van der Waals surface area contributed by atoms with Crippen molar-refractivity contribution in [1.29, 1.82) is 0 Å². The van der Waals surface area contributed by atoms with Gasteiger partial charge in [-0.1, -0.05) is 30.3 Å². The summed E-state index contributed by atoms with van der Waals surface area (Å²) in [7, 11) is 0. The summed E-state index contributed by atoms with van der Waals surface area (Å²) < 4.78 is 5.35. The molecule has 0 spiro atoms. The van der Waals surface area contributed by atoms with Gasteiger partial charge in [-0.25, -0.2) is 4.79 Å². The Morgan fingerprint density at radius 3 is 2.20 bits per heavy atom. The maximum Gasteiger partial charge on any atom is 0.410 e. The lowest BCUT2D eigenvalue weighted by Crippen LogP contribution is -2.52. The van der Waals surface area contributed by atoms with Crippen LogP contribution in [0.15, 0.2) is 30.3 Å². The van der Waals surface area contributed by atoms with E-state index in [0.717, 1.165) is 18.4 Å². The highest BCUT2D eigenvalue weighted by Gasteiger charge is 2.31. The van der Waals surface area contributed by atoms with Crippen molar-refractivity contribution in [2.75, 3.05) is 26.2 Å². The molecule has 1 saturated heterocycles. The molecule has 1 heterocycles. The van der Waals surface area contributed by atoms with Crippen molar-refractivity contribution in [2.24, 2.45) is 5.92 Å². The predicted octanol–water partition coefficient (Wildman–Crippen LogP) is 2.02. The minimum Gasteiger partial charge on any atom is -0.445 e. The minimum atomic E-state index is -0.322. The molecule has 0 bridgehead atoms. The molecule has 0 atom stereocenters. The first-order chi connectivity index (χ1) is 12.1. The Hall–Kier alpha value is -2.08. The third kappa shape index (κ3) is 4.72. The Morgan fingerprint density at radius 2 is 1.56 bits per heavy atom. The lowest BCUT2D eigenvalue weighted by atomic mass is 9.86. The summed E-state index contributed by atoms with van der Waals surface area (Å²) in [6, 6.07) is 9.60. The van der Waals surface area contributed by atoms with Crippen LogP contribution in [-0.4, -0.2) is 59.2 Å². The molecule has 1 saturated carbocycles. The van der Waals surface area contributed by atoms with Crippen LogP contribution in [0.5, 0.6) is 0 Å². The van der Waals surface area contributed by atoms with Crippen LogP contribution in [0.25, 0.3) is 0 Å². The molecule has 1 aromatic rings. The number of rotatable bonds is 3. The lowest BCUT2D eigenvalue weighted by Gasteiger charge is -2.37. The van der Waals surface area contributed by atoms with Gasteiger partial charge in [0, 0.05) is 32.1 Å². The Kier molecular flexibility index (Phi) is 5.91. The van der Waals surface area contributed by atoms with Gasteiger partial charge in [0.15, 0.2) is 0 Å². The standard InChI is InChI=1S/C19H26N2O4/c22-17-8-6-16(7-9-17)18(23)20-10-12-21(13-11-20)19(24)25-14-15-4-2-1-3-5-15/h1-5,16-17,22H,6-14H2/t16-,17-. The van der Waals surface area contributed by atoms with E-state index in [2.05, 4.69) is 0 Å². The number of carbonyl (C=O) groups excluding carboxylic acids is 2. The number of hydrogen-bond donors (Lipinski definition) is 1. The van der Waals surface area contributed by atoms with Gasteiger partial charge in [0.05, 0.1) is 6.10 Å². The fourth-order valence-electron chi connectivity index (χ4n) is 3.50. The summed E-state index contributed by atoms with van der Waals surface area (Å²) in [5.74, 6) is 0.198. The van der Waals surface area contributed by atoms with Crippen molar-refractivity contribution >= 4 is 12.0 Å². The first kappa shape index (κ1) is 17.7. The van der Waals surface area contributed by atoms with Gasteiger partial charge >= 0.3 is 6.09 Å². The average molecular weight is 346 g/mol. The summed E-state index contributed by atoms with van der Waals surface area (Å²) in [6.45, 7) is 2.39. The van der Waals surface area contributed by atoms with Crippen LogP contribution in [0.1, 0.15) is 31.2 Å². The third-order valence-corrected chi connectivity index (χ3v) is 5.10. The van der Waals surface area contributed by atoms with E-state index in [1.165, 1.54) is 0 Å². The summed E-state index contributed by atoms with van der Waals surface area (Å²) in [6.07, 6.45) is 2.38. The van der Waals surface area contributed by atoms with Crippen LogP contribution in [0, 0.1) is 5.92 Å². The van der Waals surface area contributed by atoms with E-state index in [1.54, 1.807) is 4.90 Å². The molecule has 2 aliphatic rings. The van der Waals surface area contributed by atoms with Crippen molar-refractivity contribution in [3.8, 4) is 0 Å². The van der Waals surface area contributed by atoms with Gasteiger partial charge in [-0.15, -0.1) is 0 Å². The van der Waals surface area contributed by atoms with Crippen LogP contribution >= 0.6 is 0 Å². The molecule has 3 rings (SSSR count). The molecular weight excluding hydrogens is 320 g/mol. The SMILES string of the molecule is O=C(OCc1ccccc1)N1CCN(C(=O)[C@H]2CC[C@H](O)CC2)CC1. The van der Waals surface area contributed by atoms with Crippen LogP contribution in [0.3, 0.4) is 0 Å². The Morgan fingerprint density at radius 1 is 0.960 bits per heavy atom. The number of nitrogens with zero attached hydrogens (tertiary/aromatic N) is 2. The zero-order chi connectivity index (χ0) is 17.6. The van der Waals surface area contributed by atoms with Gasteiger partial charge in [-0.2, -0.15) is 0 Å². The summed E-state index contributed by atoms with van der Waals surface area (Å²) in [5, 5.41) is 9.56. The summed E-state index contributed by atoms with van der Waals surface area (Å²) >= 11 is 0. The molecule has 1 aliphatic heterocycles. The summed E-state index contributed by atoms with van der Waals surface area (Å²) in [5.41, 5.74) is 0.962. The van der Waals surface area contributed by atoms with E-state index < -0.39 is 0 Å². The molecule has 0 aromatic heterocycles. The normalized spacial score (nSPS) is 24.0. The Bertz CT molecular complexity index is 576. The molecule has 1 aromatic carbocycles. The number of amides is 2. The second-order valence-electron chi connectivity index (χ2n) is 6.86. The van der Waals surface area contributed by atoms with Gasteiger partial charge in [0.1, 0.15) is 6.61 Å². The number of piperazine rings is 1. The Balaban J connectivity index is 1.42. The first-order valence-corrected chi connectivity index (χ1v) is 9.06. The topological polar surface area (TPSA) is 70.1 Å². The van der Waals surface area contributed by atoms with Crippen molar-refractivity contribution in [3.63, 3.8) is 0 Å². The lowest BCUT2D eigenvalue weighted by molar-refractivity contribution is -0.138. The van der Waals surface area contributed by atoms with Gasteiger partial charge in [-0.3, -0.25) is 4.79 Å². The maximum absolute atomic E-state index is 12.6. The molecule has 6 heteroatoms. The minimum absolute atomic E-state index is 0.0278. The highest BCUT2D eigenvalue weighted by atomic mass is 16.6. The number of aliphatic hydroxyl groups excluding tert-OH is 1. The zero-order valence-corrected chi connectivity index (χ0v) is 14.5. The van der Waals surface area contributed by atoms with Crippen molar-refractivity contribution in [1.82, 2.24) is 9.80 Å². The predicted molar refractivity (Wildman–Crippen MR) is 92.7 cm³/mol. The molecule has 6 nitrogen and oxygen atoms in total. The number of ether oxygens (including phenoxy) is 1. The largest absolute Gasteiger partial charge is 0.445 e. The van der Waals surface area contributed by atoms with E-state index in [0.29, 0.717) is 39.0 Å². The monoisotopic (exact) mass is 346 g/mol. The molecule has 1 N–H and O–H groups in total. The fourth-order valence-corrected chi connectivity index (χ4v) is 3.50. The molecule has 2 fully saturated rings. The number of aliphatic hydroxyl groups is 1. The summed E-state index contributed by atoms with van der Waals surface area (Å²) in [4.78, 5) is 28.2. The van der Waals surface area contributed by atoms with Crippen LogP contribution in [0.2, 0.25) is 0 Å². The zero-order valence-electron chi connectivity index (χ0n) is 14.5. The van der Waals surface area contributed by atoms with E-state index in [1.807, 2.05) is 35.2 Å². The van der Waals surface area contributed by atoms with Crippen molar-refractivity contribution in [3.05, 3.63) is 35.9 Å². The van der Waals surface area contributed by atoms with E-state index in [9.17, 15) is 14.7 Å². The number of carbonyl (C=O) groups is 2. The quantitative estimate of drug-likeness (QED) is 0.909. The maximum atomic E-state index is 12.6. The van der Waals surface area contributed by atoms with Crippen LogP contribution < -0.4 is 0 Å². The first-order valence-electron chi connectivity index (χ1n) is 9.06. The number of hydrogen-bond acceptors (Lipinski definition) is 4. The molecule has 0 radical (unpaired) electrons. The molecule has 2 amide bonds. The van der Waals surface area contributed by atoms with Crippen LogP contribution in [0.4, 0.5) is 4.79 Å². The van der Waals surface area contributed by atoms with Crippen molar-refractivity contribution < 1.29 is 19.4 Å². The molecule has 25 heavy (non-hydrogen) atoms. The second-order valence-corrected chi connectivity index (χ2v) is 6.86. The van der Waals surface area contributed by atoms with Gasteiger partial charge in [0.25, 0.3) is 0 Å². The van der Waals surface area contributed by atoms with Gasteiger partial charge in [-0.05, 0) is 31.2 Å². The van der Waals surface area contributed by atoms with Crippen molar-refractivity contribution in [2.45, 2.75) is 38.4 Å². The van der Waals surface area contributed by atoms with Gasteiger partial charge in [0.2, 0.25) is 5.91 Å². The highest BCUT2D eigenvalue weighted by Crippen LogP contribution is 2.26. The Labute approximate surface area is 148 Å². The van der Waals surface area contributed by atoms with E-state index >= 15 is 0 Å². The van der Waals surface area contributed by atoms with E-state index in [4.69, 9.17) is 4.74 Å². The molecular formula is C19H26N2O4. The van der Waals surface area contributed by atoms with Crippen LogP contribution in [-0.2, 0) is 16.1 Å². The van der Waals surface area contributed by atoms with E-state index in [-0.39, 0.29) is 30.6 Å². The smallest absolute Gasteiger partial charge is 0.410 e.